The van der Waals surface area contributed by atoms with Crippen molar-refractivity contribution >= 4 is 0 Å². The molecule has 3 heterocycles. The van der Waals surface area contributed by atoms with Gasteiger partial charge in [0.15, 0.2) is 0 Å². The smallest absolute Gasteiger partial charge is 0.103 e. The minimum atomic E-state index is 0.184. The van der Waals surface area contributed by atoms with E-state index >= 15 is 0 Å². The first kappa shape index (κ1) is 15.6. The Labute approximate surface area is 138 Å². The van der Waals surface area contributed by atoms with Crippen LogP contribution in [0.4, 0.5) is 0 Å². The van der Waals surface area contributed by atoms with Crippen molar-refractivity contribution in [2.75, 3.05) is 19.8 Å². The predicted molar refractivity (Wildman–Crippen MR) is 88.1 cm³/mol. The summed E-state index contributed by atoms with van der Waals surface area (Å²) in [5, 5.41) is 8.27. The molecule has 128 valence electrons. The molecule has 0 unspecified atom stereocenters. The summed E-state index contributed by atoms with van der Waals surface area (Å²) in [4.78, 5) is 0. The average molecular weight is 319 g/mol. The molecule has 0 bridgehead atoms. The van der Waals surface area contributed by atoms with Gasteiger partial charge in [-0.1, -0.05) is 13.8 Å². The number of nitrogens with one attached hydrogen (secondary N) is 1. The highest BCUT2D eigenvalue weighted by molar-refractivity contribution is 5.12. The molecule has 5 nitrogen and oxygen atoms in total. The van der Waals surface area contributed by atoms with E-state index < -0.39 is 0 Å². The van der Waals surface area contributed by atoms with Crippen molar-refractivity contribution in [1.82, 2.24) is 15.1 Å². The number of fused-ring (bicyclic) bond motifs is 1. The maximum Gasteiger partial charge on any atom is 0.103 e. The van der Waals surface area contributed by atoms with Crippen LogP contribution in [0.1, 0.15) is 45.4 Å². The molecule has 2 saturated heterocycles. The van der Waals surface area contributed by atoms with Gasteiger partial charge in [0.1, 0.15) is 6.10 Å². The maximum atomic E-state index is 6.05. The molecule has 0 spiro atoms. The zero-order chi connectivity index (χ0) is 16.0. The van der Waals surface area contributed by atoms with E-state index in [1.807, 2.05) is 6.20 Å². The molecule has 0 radical (unpaired) electrons. The van der Waals surface area contributed by atoms with Crippen LogP contribution in [0.15, 0.2) is 12.3 Å². The monoisotopic (exact) mass is 319 g/mol. The van der Waals surface area contributed by atoms with Crippen LogP contribution in [0, 0.1) is 17.3 Å². The van der Waals surface area contributed by atoms with Crippen LogP contribution in [0.3, 0.4) is 0 Å². The molecular weight excluding hydrogens is 290 g/mol. The van der Waals surface area contributed by atoms with Gasteiger partial charge in [-0.25, -0.2) is 0 Å². The lowest BCUT2D eigenvalue weighted by Gasteiger charge is -2.55. The minimum Gasteiger partial charge on any atom is -0.377 e. The van der Waals surface area contributed by atoms with Crippen LogP contribution in [-0.4, -0.2) is 41.7 Å². The third kappa shape index (κ3) is 2.44. The van der Waals surface area contributed by atoms with Crippen LogP contribution in [0.5, 0.6) is 0 Å². The summed E-state index contributed by atoms with van der Waals surface area (Å²) >= 11 is 0. The molecule has 3 aliphatic rings. The van der Waals surface area contributed by atoms with E-state index in [9.17, 15) is 0 Å². The zero-order valence-electron chi connectivity index (χ0n) is 14.5. The molecule has 0 aromatic carbocycles. The molecule has 0 amide bonds. The number of hydrogen-bond donors (Lipinski definition) is 1. The second-order valence-electron chi connectivity index (χ2n) is 7.86. The SMILES string of the molecule is CCn1nccc1[C@@H]1OCC[C@H]1CN[C@@H]1[C@H]2CCO[C@H]2C1(C)C. The molecule has 1 aromatic heterocycles. The van der Waals surface area contributed by atoms with E-state index in [1.54, 1.807) is 0 Å². The lowest BCUT2D eigenvalue weighted by atomic mass is 9.57. The second kappa shape index (κ2) is 5.87. The molecular formula is C18H29N3O2. The quantitative estimate of drug-likeness (QED) is 0.905. The summed E-state index contributed by atoms with van der Waals surface area (Å²) in [6.07, 6.45) is 4.87. The Bertz CT molecular complexity index is 556. The highest BCUT2D eigenvalue weighted by Gasteiger charge is 2.59. The first-order valence-corrected chi connectivity index (χ1v) is 9.11. The normalized spacial score (nSPS) is 38.5. The van der Waals surface area contributed by atoms with Gasteiger partial charge < -0.3 is 14.8 Å². The van der Waals surface area contributed by atoms with E-state index in [-0.39, 0.29) is 11.5 Å². The van der Waals surface area contributed by atoms with Gasteiger partial charge >= 0.3 is 0 Å². The highest BCUT2D eigenvalue weighted by Crippen LogP contribution is 2.52. The summed E-state index contributed by atoms with van der Waals surface area (Å²) in [7, 11) is 0. The lowest BCUT2D eigenvalue weighted by molar-refractivity contribution is -0.113. The Morgan fingerprint density at radius 2 is 2.13 bits per heavy atom. The van der Waals surface area contributed by atoms with Gasteiger partial charge in [0, 0.05) is 55.8 Å². The van der Waals surface area contributed by atoms with Crippen molar-refractivity contribution in [2.24, 2.45) is 17.3 Å². The van der Waals surface area contributed by atoms with Gasteiger partial charge in [0.25, 0.3) is 0 Å². The Morgan fingerprint density at radius 1 is 1.30 bits per heavy atom. The third-order valence-corrected chi connectivity index (χ3v) is 6.26. The standard InChI is InChI=1S/C18H29N3O2/c1-4-21-14(5-8-20-21)15-12(6-9-22-15)11-19-16-13-7-10-23-17(13)18(16,2)3/h5,8,12-13,15-17,19H,4,6-7,9-11H2,1-3H3/t12-,13+,15+,16+,17+/m0/s1. The number of hydrogen-bond acceptors (Lipinski definition) is 4. The Kier molecular flexibility index (Phi) is 3.98. The number of aryl methyl sites for hydroxylation is 1. The predicted octanol–water partition coefficient (Wildman–Crippen LogP) is 2.38. The summed E-state index contributed by atoms with van der Waals surface area (Å²) in [5.41, 5.74) is 1.48. The van der Waals surface area contributed by atoms with Crippen LogP contribution in [-0.2, 0) is 16.0 Å². The van der Waals surface area contributed by atoms with Crippen molar-refractivity contribution in [3.8, 4) is 0 Å². The first-order chi connectivity index (χ1) is 11.1. The maximum absolute atomic E-state index is 6.05. The molecule has 1 N–H and O–H groups in total. The number of nitrogens with zero attached hydrogens (tertiary/aromatic N) is 2. The Balaban J connectivity index is 1.41. The van der Waals surface area contributed by atoms with E-state index in [0.717, 1.165) is 32.7 Å². The molecule has 1 saturated carbocycles. The Hall–Kier alpha value is -0.910. The molecule has 3 fully saturated rings. The van der Waals surface area contributed by atoms with Crippen LogP contribution < -0.4 is 5.32 Å². The summed E-state index contributed by atoms with van der Waals surface area (Å²) in [6, 6.07) is 2.69. The van der Waals surface area contributed by atoms with Crippen molar-refractivity contribution in [1.29, 1.82) is 0 Å². The van der Waals surface area contributed by atoms with E-state index in [4.69, 9.17) is 9.47 Å². The van der Waals surface area contributed by atoms with Gasteiger partial charge in [-0.2, -0.15) is 5.10 Å². The topological polar surface area (TPSA) is 48.3 Å². The third-order valence-electron chi connectivity index (χ3n) is 6.26. The highest BCUT2D eigenvalue weighted by atomic mass is 16.5. The molecule has 5 heteroatoms. The van der Waals surface area contributed by atoms with Crippen LogP contribution in [0.2, 0.25) is 0 Å². The zero-order valence-corrected chi connectivity index (χ0v) is 14.5. The molecule has 4 rings (SSSR count). The van der Waals surface area contributed by atoms with Crippen molar-refractivity contribution in [2.45, 2.75) is 58.4 Å². The van der Waals surface area contributed by atoms with Crippen LogP contribution in [0.25, 0.3) is 0 Å². The molecule has 1 aromatic rings. The molecule has 23 heavy (non-hydrogen) atoms. The number of rotatable bonds is 5. The summed E-state index contributed by atoms with van der Waals surface area (Å²) in [6.45, 7) is 10.5. The van der Waals surface area contributed by atoms with Crippen molar-refractivity contribution in [3.63, 3.8) is 0 Å². The average Bonchev–Trinajstić information content (AvgIpc) is 3.26. The molecule has 1 aliphatic carbocycles. The van der Waals surface area contributed by atoms with Gasteiger partial charge in [-0.3, -0.25) is 4.68 Å². The summed E-state index contributed by atoms with van der Waals surface area (Å²) in [5.74, 6) is 1.24. The van der Waals surface area contributed by atoms with Gasteiger partial charge in [0.2, 0.25) is 0 Å². The van der Waals surface area contributed by atoms with Crippen LogP contribution >= 0.6 is 0 Å². The van der Waals surface area contributed by atoms with E-state index in [0.29, 0.717) is 24.0 Å². The van der Waals surface area contributed by atoms with Crippen molar-refractivity contribution in [3.05, 3.63) is 18.0 Å². The fourth-order valence-electron chi connectivity index (χ4n) is 5.04. The van der Waals surface area contributed by atoms with Gasteiger partial charge in [-0.15, -0.1) is 0 Å². The fourth-order valence-corrected chi connectivity index (χ4v) is 5.04. The lowest BCUT2D eigenvalue weighted by Crippen LogP contribution is -2.66. The fraction of sp³-hybridized carbons (Fsp3) is 0.833. The van der Waals surface area contributed by atoms with Gasteiger partial charge in [0.05, 0.1) is 11.8 Å². The second-order valence-corrected chi connectivity index (χ2v) is 7.86. The van der Waals surface area contributed by atoms with Gasteiger partial charge in [-0.05, 0) is 25.8 Å². The van der Waals surface area contributed by atoms with E-state index in [2.05, 4.69) is 41.9 Å². The minimum absolute atomic E-state index is 0.184. The van der Waals surface area contributed by atoms with E-state index in [1.165, 1.54) is 12.1 Å². The Morgan fingerprint density at radius 3 is 2.96 bits per heavy atom. The number of aromatic nitrogens is 2. The largest absolute Gasteiger partial charge is 0.377 e. The first-order valence-electron chi connectivity index (χ1n) is 9.11. The molecule has 2 aliphatic heterocycles. The van der Waals surface area contributed by atoms with Crippen molar-refractivity contribution < 1.29 is 9.47 Å². The summed E-state index contributed by atoms with van der Waals surface area (Å²) < 4.78 is 14.0. The molecule has 5 atom stereocenters. The number of ether oxygens (including phenoxy) is 2.